The molecular weight excluding hydrogens is 785 g/mol. The Bertz CT molecular complexity index is 1830. The van der Waals surface area contributed by atoms with Crippen molar-refractivity contribution in [2.45, 2.75) is 49.0 Å². The summed E-state index contributed by atoms with van der Waals surface area (Å²) in [5.41, 5.74) is 9.10. The summed E-state index contributed by atoms with van der Waals surface area (Å²) in [4.78, 5) is 13.6. The van der Waals surface area contributed by atoms with Crippen molar-refractivity contribution in [1.29, 1.82) is 0 Å². The summed E-state index contributed by atoms with van der Waals surface area (Å²) in [6.07, 6.45) is -7.89. The van der Waals surface area contributed by atoms with Gasteiger partial charge in [-0.25, -0.2) is 0 Å². The van der Waals surface area contributed by atoms with Crippen molar-refractivity contribution in [2.24, 2.45) is 11.8 Å². The molecule has 0 spiro atoms. The van der Waals surface area contributed by atoms with E-state index in [-0.39, 0.29) is 37.3 Å². The number of cyclic esters (lactones) is 1. The number of hydrogen-bond acceptors (Lipinski definition) is 15. The second-order valence-corrected chi connectivity index (χ2v) is 14.0. The van der Waals surface area contributed by atoms with Gasteiger partial charge in [0.2, 0.25) is 12.5 Å². The number of halogens is 1. The monoisotopic (exact) mass is 821 g/mol. The smallest absolute Gasteiger partial charge is 0.310 e. The Hall–Kier alpha value is -3.78. The SMILES string of the molecule is COc1cc(N)c(I)cc1[C@H]1OC[C@H]2O[C@@H](O[C@@H]3c4cc5c(cc4[C@@H](c4cc(OC)c(O)c(OC)c4)[C@H]4C(=O)OC[C@@H]43)OCO5)[C@H](O)[C@@H](O)[C@@H]2O1. The van der Waals surface area contributed by atoms with Gasteiger partial charge in [-0.3, -0.25) is 4.79 Å². The third-order valence-electron chi connectivity index (χ3n) is 10.2. The van der Waals surface area contributed by atoms with Crippen LogP contribution in [-0.4, -0.2) is 93.3 Å². The Morgan fingerprint density at radius 3 is 2.20 bits per heavy atom. The van der Waals surface area contributed by atoms with E-state index in [1.807, 2.05) is 0 Å². The van der Waals surface area contributed by atoms with Crippen LogP contribution in [0.2, 0.25) is 0 Å². The lowest BCUT2D eigenvalue weighted by atomic mass is 9.66. The fourth-order valence-corrected chi connectivity index (χ4v) is 8.21. The van der Waals surface area contributed by atoms with Crippen molar-refractivity contribution in [3.05, 3.63) is 62.2 Å². The van der Waals surface area contributed by atoms with E-state index in [1.54, 1.807) is 36.4 Å². The molecule has 16 heteroatoms. The zero-order valence-corrected chi connectivity index (χ0v) is 29.8. The highest BCUT2D eigenvalue weighted by molar-refractivity contribution is 14.1. The summed E-state index contributed by atoms with van der Waals surface area (Å²) < 4.78 is 59.3. The first-order valence-corrected chi connectivity index (χ1v) is 17.3. The minimum Gasteiger partial charge on any atom is -0.502 e. The average Bonchev–Trinajstić information content (AvgIpc) is 3.76. The number of carbonyl (C=O) groups excluding carboxylic acids is 1. The van der Waals surface area contributed by atoms with Crippen molar-refractivity contribution < 1.29 is 67.5 Å². The maximum Gasteiger partial charge on any atom is 0.310 e. The molecule has 0 unspecified atom stereocenters. The number of phenolic OH excluding ortho intramolecular Hbond substituents is 1. The zero-order chi connectivity index (χ0) is 35.7. The Morgan fingerprint density at radius 2 is 1.51 bits per heavy atom. The van der Waals surface area contributed by atoms with Crippen molar-refractivity contribution >= 4 is 34.2 Å². The number of fused-ring (bicyclic) bond motifs is 4. The molecule has 3 aromatic carbocycles. The molecule has 0 saturated carbocycles. The highest BCUT2D eigenvalue weighted by atomic mass is 127. The molecule has 272 valence electrons. The van der Waals surface area contributed by atoms with Crippen molar-refractivity contribution in [2.75, 3.05) is 47.1 Å². The van der Waals surface area contributed by atoms with Crippen LogP contribution in [0, 0.1) is 15.4 Å². The van der Waals surface area contributed by atoms with Crippen molar-refractivity contribution in [3.8, 4) is 34.5 Å². The third kappa shape index (κ3) is 5.67. The molecule has 0 aromatic heterocycles. The van der Waals surface area contributed by atoms with Gasteiger partial charge >= 0.3 is 5.97 Å². The minimum absolute atomic E-state index is 0.00324. The molecule has 15 nitrogen and oxygen atoms in total. The van der Waals surface area contributed by atoms with Crippen LogP contribution in [-0.2, 0) is 28.5 Å². The second kappa shape index (κ2) is 13.3. The summed E-state index contributed by atoms with van der Waals surface area (Å²) in [6.45, 7) is 0.0218. The lowest BCUT2D eigenvalue weighted by Crippen LogP contribution is -2.62. The fourth-order valence-electron chi connectivity index (χ4n) is 7.72. The quantitative estimate of drug-likeness (QED) is 0.154. The van der Waals surface area contributed by atoms with Gasteiger partial charge in [-0.15, -0.1) is 0 Å². The number of anilines is 1. The van der Waals surface area contributed by atoms with Crippen LogP contribution in [0.3, 0.4) is 0 Å². The number of esters is 1. The van der Waals surface area contributed by atoms with Crippen LogP contribution >= 0.6 is 22.6 Å². The largest absolute Gasteiger partial charge is 0.502 e. The first kappa shape index (κ1) is 34.3. The van der Waals surface area contributed by atoms with Gasteiger partial charge in [0.05, 0.1) is 52.1 Å². The second-order valence-electron chi connectivity index (χ2n) is 12.9. The normalized spacial score (nSPS) is 32.0. The van der Waals surface area contributed by atoms with Gasteiger partial charge in [0.25, 0.3) is 0 Å². The summed E-state index contributed by atoms with van der Waals surface area (Å²) in [5.74, 6) is -0.822. The van der Waals surface area contributed by atoms with Crippen LogP contribution in [0.1, 0.15) is 40.6 Å². The maximum absolute atomic E-state index is 13.6. The van der Waals surface area contributed by atoms with E-state index >= 15 is 0 Å². The molecule has 4 heterocycles. The standard InChI is InChI=1S/C35H36INO14/c1-42-20-9-19(37)18(36)6-16(20)34-46-11-25-32(51-34)29(39)30(40)35(49-25)50-31-15-8-22-21(47-12-48-22)7-14(15)26(27-17(31)10-45-33(27)41)13-4-23(43-2)28(38)24(5-13)44-3/h4-9,17,25-27,29-32,34-35,38-40H,10-12,37H2,1-3H3/t17-,25+,26+,27-,29+,30+,31+,32+,34-,35-/m0/s1. The number of ether oxygens (including phenoxy) is 10. The number of benzene rings is 3. The molecule has 5 N–H and O–H groups in total. The molecule has 5 aliphatic rings. The van der Waals surface area contributed by atoms with Crippen LogP contribution < -0.4 is 29.4 Å². The number of nitrogen functional groups attached to an aromatic ring is 1. The van der Waals surface area contributed by atoms with Crippen molar-refractivity contribution in [1.82, 2.24) is 0 Å². The molecule has 1 aliphatic carbocycles. The van der Waals surface area contributed by atoms with Crippen LogP contribution in [0.25, 0.3) is 0 Å². The van der Waals surface area contributed by atoms with Crippen LogP contribution in [0.4, 0.5) is 5.69 Å². The molecule has 3 aromatic rings. The van der Waals surface area contributed by atoms with Gasteiger partial charge in [-0.2, -0.15) is 0 Å². The number of aliphatic hydroxyl groups is 2. The van der Waals surface area contributed by atoms with Gasteiger partial charge in [-0.1, -0.05) is 0 Å². The highest BCUT2D eigenvalue weighted by Gasteiger charge is 2.56. The predicted molar refractivity (Wildman–Crippen MR) is 182 cm³/mol. The van der Waals surface area contributed by atoms with Gasteiger partial charge in [-0.05, 0) is 69.6 Å². The number of aliphatic hydroxyl groups excluding tert-OH is 2. The van der Waals surface area contributed by atoms with Crippen molar-refractivity contribution in [3.63, 3.8) is 0 Å². The van der Waals surface area contributed by atoms with Gasteiger partial charge < -0.3 is 68.4 Å². The lowest BCUT2D eigenvalue weighted by Gasteiger charge is -2.48. The summed E-state index contributed by atoms with van der Waals surface area (Å²) in [7, 11) is 4.36. The molecule has 0 radical (unpaired) electrons. The molecule has 8 rings (SSSR count). The Balaban J connectivity index is 1.12. The summed E-state index contributed by atoms with van der Waals surface area (Å²) >= 11 is 2.10. The van der Waals surface area contributed by atoms with E-state index in [0.29, 0.717) is 45.2 Å². The first-order chi connectivity index (χ1) is 24.6. The van der Waals surface area contributed by atoms with E-state index < -0.39 is 66.8 Å². The minimum atomic E-state index is -1.55. The number of phenols is 1. The lowest BCUT2D eigenvalue weighted by molar-refractivity contribution is -0.369. The molecule has 3 fully saturated rings. The number of rotatable bonds is 7. The third-order valence-corrected chi connectivity index (χ3v) is 11.1. The highest BCUT2D eigenvalue weighted by Crippen LogP contribution is 2.57. The molecule has 4 aliphatic heterocycles. The predicted octanol–water partition coefficient (Wildman–Crippen LogP) is 2.89. The first-order valence-electron chi connectivity index (χ1n) is 16.2. The molecule has 51 heavy (non-hydrogen) atoms. The number of hydrogen-bond donors (Lipinski definition) is 4. The van der Waals surface area contributed by atoms with Crippen LogP contribution in [0.5, 0.6) is 34.5 Å². The number of aromatic hydroxyl groups is 1. The van der Waals surface area contributed by atoms with E-state index in [1.165, 1.54) is 21.3 Å². The topological polar surface area (TPSA) is 196 Å². The van der Waals surface area contributed by atoms with Gasteiger partial charge in [0.15, 0.2) is 35.6 Å². The van der Waals surface area contributed by atoms with Crippen LogP contribution in [0.15, 0.2) is 36.4 Å². The molecule has 0 amide bonds. The van der Waals surface area contributed by atoms with E-state index in [0.717, 1.165) is 3.57 Å². The average molecular weight is 822 g/mol. The van der Waals surface area contributed by atoms with E-state index in [9.17, 15) is 20.1 Å². The van der Waals surface area contributed by atoms with E-state index in [2.05, 4.69) is 22.6 Å². The molecule has 0 bridgehead atoms. The Kier molecular flexibility index (Phi) is 8.97. The Morgan fingerprint density at radius 1 is 0.824 bits per heavy atom. The van der Waals surface area contributed by atoms with Gasteiger partial charge in [0.1, 0.15) is 30.2 Å². The summed E-state index contributed by atoms with van der Waals surface area (Å²) in [5, 5.41) is 33.5. The number of nitrogens with two attached hydrogens (primary N) is 1. The summed E-state index contributed by atoms with van der Waals surface area (Å²) in [6, 6.07) is 10.3. The molecule has 3 saturated heterocycles. The van der Waals surface area contributed by atoms with Gasteiger partial charge in [0, 0.05) is 27.2 Å². The molecule has 10 atom stereocenters. The fraction of sp³-hybridized carbons (Fsp3) is 0.457. The Labute approximate surface area is 305 Å². The van der Waals surface area contributed by atoms with E-state index in [4.69, 9.17) is 53.1 Å². The zero-order valence-electron chi connectivity index (χ0n) is 27.6. The molecular formula is C35H36INO14. The number of carbonyl (C=O) groups is 1. The number of methoxy groups -OCH3 is 3. The maximum atomic E-state index is 13.6.